The first kappa shape index (κ1) is 13.1. The van der Waals surface area contributed by atoms with Gasteiger partial charge in [0.15, 0.2) is 0 Å². The number of hydrogen-bond acceptors (Lipinski definition) is 2. The maximum atomic E-state index is 9.62. The number of hydrogen-bond donors (Lipinski definition) is 3. The fraction of sp³-hybridized carbons (Fsp3) is 0. The molecule has 0 aliphatic heterocycles. The fourth-order valence-electron chi connectivity index (χ4n) is 3.06. The predicted octanol–water partition coefficient (Wildman–Crippen LogP) is 2.67. The minimum absolute atomic E-state index is 0.508. The van der Waals surface area contributed by atoms with Gasteiger partial charge in [0.2, 0.25) is 0 Å². The summed E-state index contributed by atoms with van der Waals surface area (Å²) in [4.78, 5) is 3.45. The van der Waals surface area contributed by atoms with Crippen LogP contribution in [0.2, 0.25) is 0 Å². The zero-order valence-corrected chi connectivity index (χ0v) is 11.8. The summed E-state index contributed by atoms with van der Waals surface area (Å²) >= 11 is 0. The second kappa shape index (κ2) is 5.02. The molecule has 4 heteroatoms. The van der Waals surface area contributed by atoms with Gasteiger partial charge in [-0.2, -0.15) is 0 Å². The van der Waals surface area contributed by atoms with Crippen LogP contribution in [0.3, 0.4) is 0 Å². The molecule has 106 valence electrons. The minimum atomic E-state index is -1.49. The minimum Gasteiger partial charge on any atom is -0.423 e. The highest BCUT2D eigenvalue weighted by atomic mass is 16.4. The summed E-state index contributed by atoms with van der Waals surface area (Å²) in [6.45, 7) is 0. The zero-order chi connectivity index (χ0) is 15.1. The maximum absolute atomic E-state index is 9.62. The van der Waals surface area contributed by atoms with Crippen LogP contribution in [0, 0.1) is 0 Å². The zero-order valence-electron chi connectivity index (χ0n) is 11.8. The molecule has 22 heavy (non-hydrogen) atoms. The van der Waals surface area contributed by atoms with Crippen molar-refractivity contribution in [1.29, 1.82) is 0 Å². The van der Waals surface area contributed by atoms with E-state index in [1.165, 1.54) is 5.39 Å². The molecule has 0 bridgehead atoms. The van der Waals surface area contributed by atoms with E-state index in [2.05, 4.69) is 17.1 Å². The summed E-state index contributed by atoms with van der Waals surface area (Å²) in [5.74, 6) is 0. The van der Waals surface area contributed by atoms with Gasteiger partial charge in [0, 0.05) is 21.9 Å². The van der Waals surface area contributed by atoms with Crippen molar-refractivity contribution in [3.63, 3.8) is 0 Å². The SMILES string of the molecule is OB(O)c1ccccc1-c1cccc2c1[nH]c1ccccc12. The quantitative estimate of drug-likeness (QED) is 0.496. The molecule has 0 atom stereocenters. The largest absolute Gasteiger partial charge is 0.489 e. The van der Waals surface area contributed by atoms with Crippen molar-refractivity contribution in [1.82, 2.24) is 4.98 Å². The van der Waals surface area contributed by atoms with Crippen LogP contribution in [-0.2, 0) is 0 Å². The molecule has 1 aromatic heterocycles. The van der Waals surface area contributed by atoms with Gasteiger partial charge in [0.05, 0.1) is 5.52 Å². The van der Waals surface area contributed by atoms with Crippen LogP contribution >= 0.6 is 0 Å². The number of rotatable bonds is 2. The summed E-state index contributed by atoms with van der Waals surface area (Å²) in [6, 6.07) is 21.6. The molecule has 1 heterocycles. The van der Waals surface area contributed by atoms with E-state index < -0.39 is 7.12 Å². The number of fused-ring (bicyclic) bond motifs is 3. The van der Waals surface area contributed by atoms with Gasteiger partial charge in [-0.05, 0) is 17.1 Å². The summed E-state index contributed by atoms with van der Waals surface area (Å²) in [5, 5.41) is 21.5. The van der Waals surface area contributed by atoms with Crippen LogP contribution in [0.4, 0.5) is 0 Å². The summed E-state index contributed by atoms with van der Waals surface area (Å²) in [5.41, 5.74) is 4.39. The van der Waals surface area contributed by atoms with E-state index in [1.54, 1.807) is 6.07 Å². The smallest absolute Gasteiger partial charge is 0.423 e. The van der Waals surface area contributed by atoms with Crippen LogP contribution in [-0.4, -0.2) is 22.2 Å². The summed E-state index contributed by atoms with van der Waals surface area (Å²) in [7, 11) is -1.49. The molecule has 0 spiro atoms. The highest BCUT2D eigenvalue weighted by Gasteiger charge is 2.18. The monoisotopic (exact) mass is 287 g/mol. The van der Waals surface area contributed by atoms with Gasteiger partial charge in [-0.1, -0.05) is 60.7 Å². The van der Waals surface area contributed by atoms with E-state index >= 15 is 0 Å². The standard InChI is InChI=1S/C18H14BNO2/c21-19(22)16-10-3-1-6-12(16)14-8-5-9-15-13-7-2-4-11-17(13)20-18(14)15/h1-11,20-22H. The number of aromatic nitrogens is 1. The Kier molecular flexibility index (Phi) is 3.00. The molecular weight excluding hydrogens is 273 g/mol. The Morgan fingerprint density at radius 1 is 0.682 bits per heavy atom. The molecule has 4 aromatic rings. The predicted molar refractivity (Wildman–Crippen MR) is 91.1 cm³/mol. The molecule has 3 nitrogen and oxygen atoms in total. The molecule has 3 aromatic carbocycles. The van der Waals surface area contributed by atoms with Crippen molar-refractivity contribution in [3.05, 3.63) is 66.7 Å². The van der Waals surface area contributed by atoms with E-state index in [0.29, 0.717) is 5.46 Å². The lowest BCUT2D eigenvalue weighted by Gasteiger charge is -2.10. The lowest BCUT2D eigenvalue weighted by Crippen LogP contribution is -2.31. The third-order valence-electron chi connectivity index (χ3n) is 4.07. The number of benzene rings is 3. The Balaban J connectivity index is 2.08. The third-order valence-corrected chi connectivity index (χ3v) is 4.07. The van der Waals surface area contributed by atoms with E-state index in [4.69, 9.17) is 0 Å². The lowest BCUT2D eigenvalue weighted by molar-refractivity contribution is 0.426. The van der Waals surface area contributed by atoms with Gasteiger partial charge in [-0.15, -0.1) is 0 Å². The summed E-state index contributed by atoms with van der Waals surface area (Å²) < 4.78 is 0. The van der Waals surface area contributed by atoms with Crippen LogP contribution in [0.1, 0.15) is 0 Å². The number of H-pyrrole nitrogens is 1. The number of nitrogens with one attached hydrogen (secondary N) is 1. The van der Waals surface area contributed by atoms with Gasteiger partial charge < -0.3 is 15.0 Å². The first-order valence-electron chi connectivity index (χ1n) is 7.20. The second-order valence-electron chi connectivity index (χ2n) is 5.36. The Hall–Kier alpha value is -2.56. The van der Waals surface area contributed by atoms with Crippen molar-refractivity contribution < 1.29 is 10.0 Å². The highest BCUT2D eigenvalue weighted by molar-refractivity contribution is 6.60. The average molecular weight is 287 g/mol. The first-order valence-corrected chi connectivity index (χ1v) is 7.20. The molecule has 0 radical (unpaired) electrons. The van der Waals surface area contributed by atoms with Gasteiger partial charge >= 0.3 is 7.12 Å². The molecule has 4 rings (SSSR count). The average Bonchev–Trinajstić information content (AvgIpc) is 2.93. The third kappa shape index (κ3) is 1.93. The molecule has 0 aliphatic rings. The van der Waals surface area contributed by atoms with Crippen molar-refractivity contribution >= 4 is 34.4 Å². The van der Waals surface area contributed by atoms with Crippen molar-refractivity contribution in [2.75, 3.05) is 0 Å². The normalized spacial score (nSPS) is 11.2. The van der Waals surface area contributed by atoms with E-state index in [1.807, 2.05) is 48.5 Å². The van der Waals surface area contributed by atoms with Crippen LogP contribution in [0.5, 0.6) is 0 Å². The Morgan fingerprint density at radius 3 is 2.23 bits per heavy atom. The first-order chi connectivity index (χ1) is 10.8. The van der Waals surface area contributed by atoms with Crippen LogP contribution < -0.4 is 5.46 Å². The molecular formula is C18H14BNO2. The number of para-hydroxylation sites is 2. The van der Waals surface area contributed by atoms with Crippen LogP contribution in [0.15, 0.2) is 66.7 Å². The van der Waals surface area contributed by atoms with E-state index in [9.17, 15) is 10.0 Å². The molecule has 0 saturated heterocycles. The Morgan fingerprint density at radius 2 is 1.36 bits per heavy atom. The Labute approximate surface area is 128 Å². The van der Waals surface area contributed by atoms with Crippen molar-refractivity contribution in [2.24, 2.45) is 0 Å². The van der Waals surface area contributed by atoms with Crippen molar-refractivity contribution in [2.45, 2.75) is 0 Å². The van der Waals surface area contributed by atoms with Gasteiger partial charge in [-0.25, -0.2) is 0 Å². The van der Waals surface area contributed by atoms with Crippen molar-refractivity contribution in [3.8, 4) is 11.1 Å². The van der Waals surface area contributed by atoms with E-state index in [0.717, 1.165) is 27.5 Å². The second-order valence-corrected chi connectivity index (χ2v) is 5.36. The lowest BCUT2D eigenvalue weighted by atomic mass is 9.75. The molecule has 0 fully saturated rings. The molecule has 3 N–H and O–H groups in total. The van der Waals surface area contributed by atoms with Gasteiger partial charge in [0.1, 0.15) is 0 Å². The maximum Gasteiger partial charge on any atom is 0.489 e. The summed E-state index contributed by atoms with van der Waals surface area (Å²) in [6.07, 6.45) is 0. The van der Waals surface area contributed by atoms with E-state index in [-0.39, 0.29) is 0 Å². The number of aromatic amines is 1. The fourth-order valence-corrected chi connectivity index (χ4v) is 3.06. The van der Waals surface area contributed by atoms with Gasteiger partial charge in [0.25, 0.3) is 0 Å². The Bertz CT molecular complexity index is 975. The molecule has 0 amide bonds. The van der Waals surface area contributed by atoms with Crippen LogP contribution in [0.25, 0.3) is 32.9 Å². The molecule has 0 saturated carbocycles. The topological polar surface area (TPSA) is 56.2 Å². The highest BCUT2D eigenvalue weighted by Crippen LogP contribution is 2.32. The molecule has 0 unspecified atom stereocenters. The van der Waals surface area contributed by atoms with Gasteiger partial charge in [-0.3, -0.25) is 0 Å². The molecule has 0 aliphatic carbocycles.